The summed E-state index contributed by atoms with van der Waals surface area (Å²) in [6.45, 7) is 0.390. The fourth-order valence-electron chi connectivity index (χ4n) is 4.95. The first-order chi connectivity index (χ1) is 21.7. The molecule has 6 amide bonds. The van der Waals surface area contributed by atoms with Gasteiger partial charge in [0.1, 0.15) is 36.2 Å². The largest absolute Gasteiger partial charge is 0.508 e. The average molecular weight is 627 g/mol. The Kier molecular flexibility index (Phi) is 11.9. The molecule has 0 aromatic heterocycles. The van der Waals surface area contributed by atoms with Crippen molar-refractivity contribution in [2.24, 2.45) is 0 Å². The SMILES string of the molecule is O=C1COCCOCCNC(=O)[C@H](Cc2ccc(O)cc2)NC(=O)N2CCCC2C(=O)NNC(=O)[C@H](Cc2ccc(O)cc2)N1. The predicted octanol–water partition coefficient (Wildman–Crippen LogP) is -0.779. The number of carbonyl (C=O) groups is 5. The Hall–Kier alpha value is -4.89. The van der Waals surface area contributed by atoms with Gasteiger partial charge >= 0.3 is 6.03 Å². The number of amides is 6. The summed E-state index contributed by atoms with van der Waals surface area (Å²) in [6, 6.07) is 8.69. The van der Waals surface area contributed by atoms with Crippen molar-refractivity contribution in [3.63, 3.8) is 0 Å². The van der Waals surface area contributed by atoms with Gasteiger partial charge in [0, 0.05) is 25.9 Å². The minimum absolute atomic E-state index is 0.0408. The number of nitrogens with one attached hydrogen (secondary N) is 5. The number of hydrazine groups is 1. The Morgan fingerprint density at radius 3 is 1.93 bits per heavy atom. The topological polar surface area (TPSA) is 208 Å². The Morgan fingerprint density at radius 1 is 0.711 bits per heavy atom. The predicted molar refractivity (Wildman–Crippen MR) is 159 cm³/mol. The van der Waals surface area contributed by atoms with Crippen molar-refractivity contribution in [1.82, 2.24) is 31.7 Å². The van der Waals surface area contributed by atoms with E-state index in [9.17, 15) is 34.2 Å². The summed E-state index contributed by atoms with van der Waals surface area (Å²) >= 11 is 0. The van der Waals surface area contributed by atoms with Gasteiger partial charge in [0.25, 0.3) is 11.8 Å². The third-order valence-corrected chi connectivity index (χ3v) is 7.29. The quantitative estimate of drug-likeness (QED) is 0.227. The summed E-state index contributed by atoms with van der Waals surface area (Å²) < 4.78 is 10.8. The van der Waals surface area contributed by atoms with Gasteiger partial charge in [-0.2, -0.15) is 0 Å². The van der Waals surface area contributed by atoms with Gasteiger partial charge < -0.3 is 40.5 Å². The normalized spacial score (nSPS) is 23.0. The Bertz CT molecular complexity index is 1340. The molecule has 0 saturated carbocycles. The molecular weight excluding hydrogens is 588 g/mol. The van der Waals surface area contributed by atoms with Crippen LogP contribution in [0.25, 0.3) is 0 Å². The number of rotatable bonds is 4. The number of hydrogen-bond donors (Lipinski definition) is 7. The smallest absolute Gasteiger partial charge is 0.318 e. The number of fused-ring (bicyclic) bond motifs is 1. The summed E-state index contributed by atoms with van der Waals surface area (Å²) in [4.78, 5) is 66.6. The summed E-state index contributed by atoms with van der Waals surface area (Å²) in [5.74, 6) is -2.29. The van der Waals surface area contributed by atoms with Crippen LogP contribution in [0.3, 0.4) is 0 Å². The van der Waals surface area contributed by atoms with Gasteiger partial charge in [0.15, 0.2) is 0 Å². The molecule has 2 saturated heterocycles. The Labute approximate surface area is 259 Å². The van der Waals surface area contributed by atoms with Crippen LogP contribution in [-0.4, -0.2) is 102 Å². The molecule has 7 N–H and O–H groups in total. The van der Waals surface area contributed by atoms with Crippen LogP contribution in [0.5, 0.6) is 11.5 Å². The lowest BCUT2D eigenvalue weighted by Crippen LogP contribution is -2.58. The number of carbonyl (C=O) groups excluding carboxylic acids is 5. The number of phenols is 2. The molecular formula is C30H38N6O9. The van der Waals surface area contributed by atoms with E-state index >= 15 is 0 Å². The number of aromatic hydroxyl groups is 2. The highest BCUT2D eigenvalue weighted by molar-refractivity contribution is 5.93. The number of nitrogens with zero attached hydrogens (tertiary/aromatic N) is 1. The number of benzene rings is 2. The number of ether oxygens (including phenoxy) is 2. The van der Waals surface area contributed by atoms with E-state index in [1.165, 1.54) is 29.2 Å². The average Bonchev–Trinajstić information content (AvgIpc) is 3.52. The van der Waals surface area contributed by atoms with E-state index in [0.717, 1.165) is 0 Å². The van der Waals surface area contributed by atoms with E-state index in [2.05, 4.69) is 26.8 Å². The van der Waals surface area contributed by atoms with Gasteiger partial charge in [-0.25, -0.2) is 4.79 Å². The van der Waals surface area contributed by atoms with Gasteiger partial charge in [-0.1, -0.05) is 24.3 Å². The molecule has 2 aliphatic rings. The zero-order chi connectivity index (χ0) is 32.2. The summed E-state index contributed by atoms with van der Waals surface area (Å²) in [5, 5.41) is 27.3. The van der Waals surface area contributed by atoms with Crippen molar-refractivity contribution >= 4 is 29.7 Å². The van der Waals surface area contributed by atoms with E-state index in [1.54, 1.807) is 24.3 Å². The molecule has 0 aliphatic carbocycles. The summed E-state index contributed by atoms with van der Waals surface area (Å²) in [7, 11) is 0. The molecule has 0 radical (unpaired) electrons. The van der Waals surface area contributed by atoms with E-state index in [1.807, 2.05) is 0 Å². The van der Waals surface area contributed by atoms with Gasteiger partial charge in [-0.05, 0) is 48.2 Å². The maximum absolute atomic E-state index is 13.4. The second-order valence-electron chi connectivity index (χ2n) is 10.6. The second kappa shape index (κ2) is 16.3. The maximum atomic E-state index is 13.4. The molecule has 15 heteroatoms. The second-order valence-corrected chi connectivity index (χ2v) is 10.6. The van der Waals surface area contributed by atoms with Gasteiger partial charge in [0.2, 0.25) is 11.8 Å². The first-order valence-electron chi connectivity index (χ1n) is 14.6. The zero-order valence-corrected chi connectivity index (χ0v) is 24.6. The number of phenolic OH excluding ortho intramolecular Hbond substituents is 2. The lowest BCUT2D eigenvalue weighted by atomic mass is 10.0. The molecule has 0 spiro atoms. The molecule has 2 fully saturated rings. The van der Waals surface area contributed by atoms with Crippen LogP contribution in [0, 0.1) is 0 Å². The van der Waals surface area contributed by atoms with E-state index in [0.29, 0.717) is 24.0 Å². The van der Waals surface area contributed by atoms with E-state index in [-0.39, 0.29) is 63.9 Å². The first-order valence-corrected chi connectivity index (χ1v) is 14.6. The van der Waals surface area contributed by atoms with Crippen molar-refractivity contribution in [3.05, 3.63) is 59.7 Å². The number of urea groups is 1. The Morgan fingerprint density at radius 2 is 1.29 bits per heavy atom. The maximum Gasteiger partial charge on any atom is 0.318 e. The van der Waals surface area contributed by atoms with Crippen LogP contribution in [0.2, 0.25) is 0 Å². The van der Waals surface area contributed by atoms with Gasteiger partial charge in [-0.3, -0.25) is 30.0 Å². The van der Waals surface area contributed by atoms with Crippen LogP contribution in [-0.2, 0) is 41.5 Å². The molecule has 2 aromatic carbocycles. The van der Waals surface area contributed by atoms with Crippen LogP contribution < -0.4 is 26.8 Å². The zero-order valence-electron chi connectivity index (χ0n) is 24.6. The Balaban J connectivity index is 1.48. The summed E-state index contributed by atoms with van der Waals surface area (Å²) in [5.41, 5.74) is 6.03. The highest BCUT2D eigenvalue weighted by atomic mass is 16.5. The molecule has 2 aliphatic heterocycles. The minimum atomic E-state index is -1.10. The summed E-state index contributed by atoms with van der Waals surface area (Å²) in [6.07, 6.45) is 1.02. The molecule has 2 heterocycles. The molecule has 3 atom stereocenters. The lowest BCUT2D eigenvalue weighted by Gasteiger charge is -2.27. The molecule has 0 bridgehead atoms. The standard InChI is InChI=1S/C30H38N6O9/c37-21-7-3-19(4-8-21)16-23-27(40)31-11-13-44-14-15-45-18-26(39)32-24(17-20-5-9-22(38)10-6-20)28(41)34-35-29(42)25-2-1-12-36(25)30(43)33-23/h3-10,23-25,37-38H,1-2,11-18H2,(H,31,40)(H,32,39)(H,33,43)(H,34,41)(H,35,42)/t23-,24-,25?/m0/s1. The van der Waals surface area contributed by atoms with E-state index < -0.39 is 47.8 Å². The third-order valence-electron chi connectivity index (χ3n) is 7.29. The first kappa shape index (κ1) is 33.0. The highest BCUT2D eigenvalue weighted by Crippen LogP contribution is 2.18. The molecule has 15 nitrogen and oxygen atoms in total. The third kappa shape index (κ3) is 10.1. The van der Waals surface area contributed by atoms with Crippen LogP contribution in [0.15, 0.2) is 48.5 Å². The fourth-order valence-corrected chi connectivity index (χ4v) is 4.95. The molecule has 1 unspecified atom stereocenters. The van der Waals surface area contributed by atoms with Crippen molar-refractivity contribution in [1.29, 1.82) is 0 Å². The molecule has 242 valence electrons. The van der Waals surface area contributed by atoms with Crippen molar-refractivity contribution in [3.8, 4) is 11.5 Å². The van der Waals surface area contributed by atoms with Gasteiger partial charge in [0.05, 0.1) is 19.8 Å². The molecule has 4 rings (SSSR count). The van der Waals surface area contributed by atoms with Gasteiger partial charge in [-0.15, -0.1) is 0 Å². The van der Waals surface area contributed by atoms with Crippen LogP contribution >= 0.6 is 0 Å². The highest BCUT2D eigenvalue weighted by Gasteiger charge is 2.36. The lowest BCUT2D eigenvalue weighted by molar-refractivity contribution is -0.134. The fraction of sp³-hybridized carbons (Fsp3) is 0.433. The van der Waals surface area contributed by atoms with Crippen LogP contribution in [0.4, 0.5) is 4.79 Å². The van der Waals surface area contributed by atoms with Crippen molar-refractivity contribution < 1.29 is 43.7 Å². The van der Waals surface area contributed by atoms with E-state index in [4.69, 9.17) is 9.47 Å². The monoisotopic (exact) mass is 626 g/mol. The van der Waals surface area contributed by atoms with Crippen molar-refractivity contribution in [2.45, 2.75) is 43.8 Å². The minimum Gasteiger partial charge on any atom is -0.508 e. The van der Waals surface area contributed by atoms with Crippen molar-refractivity contribution in [2.75, 3.05) is 39.5 Å². The number of hydrogen-bond acceptors (Lipinski definition) is 9. The van der Waals surface area contributed by atoms with Crippen LogP contribution in [0.1, 0.15) is 24.0 Å². The molecule has 45 heavy (non-hydrogen) atoms. The molecule has 2 aromatic rings.